The van der Waals surface area contributed by atoms with Crippen LogP contribution in [0.5, 0.6) is 11.5 Å². The number of hydrogen-bond acceptors (Lipinski definition) is 9. The molecule has 2 unspecified atom stereocenters. The molecular weight excluding hydrogens is 446 g/mol. The van der Waals surface area contributed by atoms with Gasteiger partial charge in [-0.05, 0) is 31.1 Å². The van der Waals surface area contributed by atoms with Crippen LogP contribution in [0.2, 0.25) is 0 Å². The van der Waals surface area contributed by atoms with Gasteiger partial charge in [-0.25, -0.2) is 4.79 Å². The van der Waals surface area contributed by atoms with Gasteiger partial charge in [0.1, 0.15) is 35.9 Å². The summed E-state index contributed by atoms with van der Waals surface area (Å²) in [7, 11) is 0. The number of nitrogens with one attached hydrogen (secondary N) is 1. The first-order valence-electron chi connectivity index (χ1n) is 10.7. The van der Waals surface area contributed by atoms with Crippen molar-refractivity contribution in [2.24, 2.45) is 5.92 Å². The quantitative estimate of drug-likeness (QED) is 0.454. The molecule has 0 spiro atoms. The van der Waals surface area contributed by atoms with Crippen LogP contribution < -0.4 is 10.1 Å². The summed E-state index contributed by atoms with van der Waals surface area (Å²) in [5.74, 6) is -3.06. The van der Waals surface area contributed by atoms with E-state index in [-0.39, 0.29) is 42.4 Å². The van der Waals surface area contributed by atoms with Gasteiger partial charge in [0.15, 0.2) is 11.6 Å². The van der Waals surface area contributed by atoms with Crippen LogP contribution in [0.25, 0.3) is 6.08 Å². The number of cyclic esters (lactones) is 1. The minimum atomic E-state index is -1.63. The summed E-state index contributed by atoms with van der Waals surface area (Å²) in [5, 5.41) is 33.1. The lowest BCUT2D eigenvalue weighted by atomic mass is 9.99. The predicted octanol–water partition coefficient (Wildman–Crippen LogP) is 0.922. The van der Waals surface area contributed by atoms with Gasteiger partial charge in [-0.2, -0.15) is 0 Å². The Hall–Kier alpha value is -3.50. The zero-order chi connectivity index (χ0) is 25.4. The number of esters is 1. The number of carbonyl (C=O) groups is 4. The summed E-state index contributed by atoms with van der Waals surface area (Å²) in [4.78, 5) is 47.7. The molecule has 1 aliphatic heterocycles. The number of carbonyl (C=O) groups excluding carboxylic acids is 4. The van der Waals surface area contributed by atoms with Crippen LogP contribution >= 0.6 is 0 Å². The van der Waals surface area contributed by atoms with Crippen molar-refractivity contribution in [1.82, 2.24) is 5.32 Å². The van der Waals surface area contributed by atoms with Gasteiger partial charge in [-0.3, -0.25) is 14.4 Å². The van der Waals surface area contributed by atoms with Crippen LogP contribution in [-0.4, -0.2) is 70.2 Å². The first-order valence-corrected chi connectivity index (χ1v) is 10.7. The Labute approximate surface area is 196 Å². The lowest BCUT2D eigenvalue weighted by Gasteiger charge is -2.20. The van der Waals surface area contributed by atoms with Gasteiger partial charge in [-0.15, -0.1) is 0 Å². The fourth-order valence-electron chi connectivity index (χ4n) is 2.99. The highest BCUT2D eigenvalue weighted by molar-refractivity contribution is 5.97. The number of fused-ring (bicyclic) bond motifs is 1. The molecule has 1 aliphatic rings. The number of hydrogen-bond donors (Lipinski definition) is 4. The normalized spacial score (nSPS) is 25.3. The Morgan fingerprint density at radius 1 is 1.18 bits per heavy atom. The van der Waals surface area contributed by atoms with Gasteiger partial charge in [0.25, 0.3) is 0 Å². The largest absolute Gasteiger partial charge is 0.507 e. The molecule has 10 heteroatoms. The van der Waals surface area contributed by atoms with Crippen LogP contribution in [0, 0.1) is 5.92 Å². The minimum Gasteiger partial charge on any atom is -0.507 e. The molecule has 1 aromatic carbocycles. The lowest BCUT2D eigenvalue weighted by molar-refractivity contribution is -0.127. The molecule has 1 aromatic rings. The molecule has 4 atom stereocenters. The highest BCUT2D eigenvalue weighted by Crippen LogP contribution is 2.31. The van der Waals surface area contributed by atoms with Crippen molar-refractivity contribution in [2.75, 3.05) is 13.2 Å². The van der Waals surface area contributed by atoms with Crippen molar-refractivity contribution >= 4 is 29.5 Å². The van der Waals surface area contributed by atoms with E-state index >= 15 is 0 Å². The van der Waals surface area contributed by atoms with Crippen LogP contribution in [0.15, 0.2) is 30.4 Å². The summed E-state index contributed by atoms with van der Waals surface area (Å²) in [6.45, 7) is 3.98. The molecule has 1 heterocycles. The molecule has 10 nitrogen and oxygen atoms in total. The van der Waals surface area contributed by atoms with Crippen LogP contribution in [0.3, 0.4) is 0 Å². The van der Waals surface area contributed by atoms with E-state index in [1.54, 1.807) is 13.8 Å². The molecule has 0 saturated heterocycles. The molecule has 2 rings (SSSR count). The van der Waals surface area contributed by atoms with Crippen LogP contribution in [0.4, 0.5) is 0 Å². The molecule has 0 aromatic heterocycles. The molecule has 0 aliphatic carbocycles. The Bertz CT molecular complexity index is 998. The molecule has 184 valence electrons. The highest BCUT2D eigenvalue weighted by Gasteiger charge is 2.25. The van der Waals surface area contributed by atoms with Crippen molar-refractivity contribution < 1.29 is 44.0 Å². The number of rotatable bonds is 5. The molecule has 34 heavy (non-hydrogen) atoms. The molecular formula is C24H29NO9. The summed E-state index contributed by atoms with van der Waals surface area (Å²) >= 11 is 0. The van der Waals surface area contributed by atoms with Gasteiger partial charge in [0.2, 0.25) is 5.91 Å². The van der Waals surface area contributed by atoms with E-state index in [0.29, 0.717) is 0 Å². The second-order valence-corrected chi connectivity index (χ2v) is 8.03. The van der Waals surface area contributed by atoms with E-state index in [9.17, 15) is 34.5 Å². The topological polar surface area (TPSA) is 159 Å². The number of aliphatic hydroxyl groups is 2. The maximum absolute atomic E-state index is 12.8. The van der Waals surface area contributed by atoms with Gasteiger partial charge in [-0.1, -0.05) is 25.2 Å². The van der Waals surface area contributed by atoms with Gasteiger partial charge < -0.3 is 30.1 Å². The standard InChI is InChI=1S/C24H29NO9/c1-13-7-8-20(29)23(31)19(28)6-4-5-16-9-18(33-12-17(27)11-25-15(3)26)10-21(30)22(16)24(32)34-14(13)2/h4-5,7-10,13-14,19,23,28,30-31H,6,11-12H2,1-3H3,(H,25,26)/b5-4+,8-7-/t13-,14+,19?,23?/m1/s1. The number of ketones is 2. The fourth-order valence-corrected chi connectivity index (χ4v) is 2.99. The number of ether oxygens (including phenoxy) is 2. The smallest absolute Gasteiger partial charge is 0.342 e. The minimum absolute atomic E-state index is 0.0751. The van der Waals surface area contributed by atoms with Gasteiger partial charge in [0.05, 0.1) is 12.6 Å². The average Bonchev–Trinajstić information content (AvgIpc) is 2.77. The number of phenols is 1. The van der Waals surface area contributed by atoms with Crippen molar-refractivity contribution in [1.29, 1.82) is 0 Å². The summed E-state index contributed by atoms with van der Waals surface area (Å²) in [6, 6.07) is 2.56. The number of phenolic OH excluding ortho intramolecular Hbond substituents is 1. The second kappa shape index (κ2) is 12.1. The van der Waals surface area contributed by atoms with Crippen LogP contribution in [-0.2, 0) is 19.1 Å². The van der Waals surface area contributed by atoms with Gasteiger partial charge in [0, 0.05) is 18.9 Å². The monoisotopic (exact) mass is 475 g/mol. The summed E-state index contributed by atoms with van der Waals surface area (Å²) in [5.41, 5.74) is 0.0224. The third-order valence-corrected chi connectivity index (χ3v) is 5.19. The Morgan fingerprint density at radius 2 is 1.88 bits per heavy atom. The van der Waals surface area contributed by atoms with Crippen LogP contribution in [0.1, 0.15) is 43.1 Å². The van der Waals surface area contributed by atoms with Gasteiger partial charge >= 0.3 is 5.97 Å². The number of benzene rings is 1. The Kier molecular flexibility index (Phi) is 9.52. The Morgan fingerprint density at radius 3 is 2.56 bits per heavy atom. The van der Waals surface area contributed by atoms with E-state index in [0.717, 1.165) is 12.1 Å². The van der Waals surface area contributed by atoms with E-state index in [1.807, 2.05) is 0 Å². The molecule has 0 saturated carbocycles. The predicted molar refractivity (Wildman–Crippen MR) is 121 cm³/mol. The second-order valence-electron chi connectivity index (χ2n) is 8.03. The molecule has 0 fully saturated rings. The van der Waals surface area contributed by atoms with E-state index in [2.05, 4.69) is 5.32 Å². The number of aromatic hydroxyl groups is 1. The third-order valence-electron chi connectivity index (χ3n) is 5.19. The van der Waals surface area contributed by atoms with Crippen molar-refractivity contribution in [3.8, 4) is 11.5 Å². The van der Waals surface area contributed by atoms with E-state index in [4.69, 9.17) is 9.47 Å². The highest BCUT2D eigenvalue weighted by atomic mass is 16.5. The van der Waals surface area contributed by atoms with Crippen molar-refractivity contribution in [2.45, 2.75) is 45.5 Å². The van der Waals surface area contributed by atoms with E-state index in [1.165, 1.54) is 31.2 Å². The lowest BCUT2D eigenvalue weighted by Crippen LogP contribution is -2.32. The number of amides is 1. The average molecular weight is 475 g/mol. The zero-order valence-corrected chi connectivity index (χ0v) is 19.2. The molecule has 4 N–H and O–H groups in total. The SMILES string of the molecule is CC(=O)NCC(=O)COc1cc(O)c2c(c1)/C=C/CC(O)C(O)C(=O)/C=C\[C@@H](C)[C@H](C)OC2=O. The fraction of sp³-hybridized carbons (Fsp3) is 0.417. The first kappa shape index (κ1) is 26.7. The zero-order valence-electron chi connectivity index (χ0n) is 19.2. The van der Waals surface area contributed by atoms with Crippen molar-refractivity contribution in [3.63, 3.8) is 0 Å². The molecule has 1 amide bonds. The first-order chi connectivity index (χ1) is 16.0. The maximum atomic E-state index is 12.8. The van der Waals surface area contributed by atoms with Crippen molar-refractivity contribution in [3.05, 3.63) is 41.5 Å². The number of aliphatic hydroxyl groups excluding tert-OH is 2. The molecule has 0 bridgehead atoms. The summed E-state index contributed by atoms with van der Waals surface area (Å²) < 4.78 is 10.8. The third kappa shape index (κ3) is 7.53. The Balaban J connectivity index is 2.36. The number of Topliss-reactive ketones (excluding diaryl/α,β-unsaturated/α-hetero) is 1. The van der Waals surface area contributed by atoms with E-state index < -0.39 is 47.5 Å². The summed E-state index contributed by atoms with van der Waals surface area (Å²) in [6.07, 6.45) is 1.60. The maximum Gasteiger partial charge on any atom is 0.342 e. The molecule has 0 radical (unpaired) electrons.